The maximum absolute atomic E-state index is 5.29. The van der Waals surface area contributed by atoms with Crippen LogP contribution in [0.1, 0.15) is 0 Å². The van der Waals surface area contributed by atoms with Crippen molar-refractivity contribution in [2.24, 2.45) is 0 Å². The summed E-state index contributed by atoms with van der Waals surface area (Å²) in [6, 6.07) is 11.5. The van der Waals surface area contributed by atoms with Crippen LogP contribution in [0.3, 0.4) is 0 Å². The van der Waals surface area contributed by atoms with Gasteiger partial charge in [0.2, 0.25) is 11.6 Å². The summed E-state index contributed by atoms with van der Waals surface area (Å²) in [7, 11) is 1.59. The van der Waals surface area contributed by atoms with E-state index in [0.717, 1.165) is 10.9 Å². The molecule has 0 aliphatic carbocycles. The zero-order valence-electron chi connectivity index (χ0n) is 9.25. The summed E-state index contributed by atoms with van der Waals surface area (Å²) in [5.41, 5.74) is 1.47. The summed E-state index contributed by atoms with van der Waals surface area (Å²) in [5.74, 6) is 1.13. The van der Waals surface area contributed by atoms with E-state index in [9.17, 15) is 0 Å². The first-order valence-corrected chi connectivity index (χ1v) is 5.23. The number of nitrogens with zero attached hydrogens (tertiary/aromatic N) is 2. The van der Waals surface area contributed by atoms with E-state index in [1.54, 1.807) is 19.4 Å². The van der Waals surface area contributed by atoms with E-state index in [-0.39, 0.29) is 0 Å². The molecule has 84 valence electrons. The molecule has 0 aliphatic rings. The lowest BCUT2D eigenvalue weighted by Gasteiger charge is -2.03. The van der Waals surface area contributed by atoms with Crippen molar-refractivity contribution in [1.29, 1.82) is 0 Å². The first kappa shape index (κ1) is 9.84. The number of rotatable bonds is 2. The number of methoxy groups -OCH3 is 1. The highest BCUT2D eigenvalue weighted by atomic mass is 16.5. The fraction of sp³-hybridized carbons (Fsp3) is 0.0769. The Morgan fingerprint density at radius 1 is 1.06 bits per heavy atom. The summed E-state index contributed by atoms with van der Waals surface area (Å²) in [6.07, 6.45) is 1.58. The van der Waals surface area contributed by atoms with Crippen LogP contribution in [0.5, 0.6) is 5.88 Å². The van der Waals surface area contributed by atoms with Crippen LogP contribution in [0, 0.1) is 0 Å². The molecular weight excluding hydrogens is 216 g/mol. The van der Waals surface area contributed by atoms with E-state index in [4.69, 9.17) is 9.15 Å². The molecule has 3 aromatic rings. The largest absolute Gasteiger partial charge is 0.480 e. The molecule has 0 atom stereocenters. The topological polar surface area (TPSA) is 48.2 Å². The van der Waals surface area contributed by atoms with E-state index in [1.165, 1.54) is 0 Å². The number of hydrogen-bond donors (Lipinski definition) is 0. The van der Waals surface area contributed by atoms with Crippen molar-refractivity contribution in [1.82, 2.24) is 9.97 Å². The SMILES string of the molecule is COc1nc(-c2ccccc2)nc2occc12. The zero-order chi connectivity index (χ0) is 11.7. The molecule has 0 saturated carbocycles. The quantitative estimate of drug-likeness (QED) is 0.674. The number of ether oxygens (including phenoxy) is 1. The van der Waals surface area contributed by atoms with Gasteiger partial charge in [0, 0.05) is 5.56 Å². The Morgan fingerprint density at radius 2 is 1.88 bits per heavy atom. The van der Waals surface area contributed by atoms with E-state index in [2.05, 4.69) is 9.97 Å². The second kappa shape index (κ2) is 3.90. The van der Waals surface area contributed by atoms with Crippen molar-refractivity contribution in [3.05, 3.63) is 42.7 Å². The molecule has 2 heterocycles. The van der Waals surface area contributed by atoms with Gasteiger partial charge in [-0.05, 0) is 6.07 Å². The van der Waals surface area contributed by atoms with Crippen LogP contribution in [0.2, 0.25) is 0 Å². The minimum atomic E-state index is 0.530. The normalized spacial score (nSPS) is 10.6. The van der Waals surface area contributed by atoms with Crippen LogP contribution in [-0.2, 0) is 0 Å². The van der Waals surface area contributed by atoms with Gasteiger partial charge in [-0.3, -0.25) is 0 Å². The highest BCUT2D eigenvalue weighted by Crippen LogP contribution is 2.26. The van der Waals surface area contributed by atoms with E-state index in [0.29, 0.717) is 17.4 Å². The molecule has 0 fully saturated rings. The lowest BCUT2D eigenvalue weighted by molar-refractivity contribution is 0.403. The third-order valence-electron chi connectivity index (χ3n) is 2.52. The molecular formula is C13H10N2O2. The van der Waals surface area contributed by atoms with Crippen molar-refractivity contribution in [3.63, 3.8) is 0 Å². The standard InChI is InChI=1S/C13H10N2O2/c1-16-12-10-7-8-17-13(10)15-11(14-12)9-5-3-2-4-6-9/h2-8H,1H3. The van der Waals surface area contributed by atoms with Crippen LogP contribution in [-0.4, -0.2) is 17.1 Å². The Bertz CT molecular complexity index is 647. The minimum Gasteiger partial charge on any atom is -0.480 e. The zero-order valence-corrected chi connectivity index (χ0v) is 9.25. The number of hydrogen-bond acceptors (Lipinski definition) is 4. The summed E-state index contributed by atoms with van der Waals surface area (Å²) >= 11 is 0. The number of benzene rings is 1. The first-order chi connectivity index (χ1) is 8.38. The van der Waals surface area contributed by atoms with Gasteiger partial charge in [0.25, 0.3) is 0 Å². The molecule has 1 aromatic carbocycles. The maximum Gasteiger partial charge on any atom is 0.233 e. The third kappa shape index (κ3) is 1.63. The summed E-state index contributed by atoms with van der Waals surface area (Å²) in [5, 5.41) is 0.784. The molecule has 0 bridgehead atoms. The lowest BCUT2D eigenvalue weighted by Crippen LogP contribution is -1.94. The lowest BCUT2D eigenvalue weighted by atomic mass is 10.2. The molecule has 0 saturated heterocycles. The van der Waals surface area contributed by atoms with Crippen LogP contribution in [0.25, 0.3) is 22.5 Å². The molecule has 0 radical (unpaired) electrons. The molecule has 0 unspecified atom stereocenters. The fourth-order valence-electron chi connectivity index (χ4n) is 1.70. The average Bonchev–Trinajstić information content (AvgIpc) is 2.86. The maximum atomic E-state index is 5.29. The summed E-state index contributed by atoms with van der Waals surface area (Å²) < 4.78 is 10.5. The Balaban J connectivity index is 2.24. The smallest absolute Gasteiger partial charge is 0.233 e. The first-order valence-electron chi connectivity index (χ1n) is 5.23. The van der Waals surface area contributed by atoms with Crippen molar-refractivity contribution < 1.29 is 9.15 Å². The van der Waals surface area contributed by atoms with Gasteiger partial charge in [0.05, 0.1) is 13.4 Å². The molecule has 3 rings (SSSR count). The number of furan rings is 1. The molecule has 0 N–H and O–H groups in total. The van der Waals surface area contributed by atoms with Gasteiger partial charge in [0.1, 0.15) is 5.39 Å². The highest BCUT2D eigenvalue weighted by Gasteiger charge is 2.11. The van der Waals surface area contributed by atoms with Crippen LogP contribution in [0.4, 0.5) is 0 Å². The van der Waals surface area contributed by atoms with E-state index >= 15 is 0 Å². The molecule has 17 heavy (non-hydrogen) atoms. The van der Waals surface area contributed by atoms with E-state index in [1.807, 2.05) is 30.3 Å². The minimum absolute atomic E-state index is 0.530. The van der Waals surface area contributed by atoms with Crippen molar-refractivity contribution in [3.8, 4) is 17.3 Å². The second-order valence-corrected chi connectivity index (χ2v) is 3.56. The Morgan fingerprint density at radius 3 is 2.65 bits per heavy atom. The van der Waals surface area contributed by atoms with Crippen LogP contribution in [0.15, 0.2) is 47.1 Å². The Labute approximate surface area is 97.9 Å². The average molecular weight is 226 g/mol. The van der Waals surface area contributed by atoms with Gasteiger partial charge in [-0.25, -0.2) is 0 Å². The van der Waals surface area contributed by atoms with Crippen molar-refractivity contribution in [2.45, 2.75) is 0 Å². The van der Waals surface area contributed by atoms with Crippen LogP contribution >= 0.6 is 0 Å². The summed E-state index contributed by atoms with van der Waals surface area (Å²) in [4.78, 5) is 8.72. The van der Waals surface area contributed by atoms with E-state index < -0.39 is 0 Å². The molecule has 0 aliphatic heterocycles. The van der Waals surface area contributed by atoms with Gasteiger partial charge >= 0.3 is 0 Å². The van der Waals surface area contributed by atoms with Gasteiger partial charge in [0.15, 0.2) is 5.82 Å². The number of fused-ring (bicyclic) bond motifs is 1. The number of aromatic nitrogens is 2. The Kier molecular flexibility index (Phi) is 2.26. The van der Waals surface area contributed by atoms with Gasteiger partial charge in [-0.15, -0.1) is 0 Å². The third-order valence-corrected chi connectivity index (χ3v) is 2.52. The van der Waals surface area contributed by atoms with Gasteiger partial charge < -0.3 is 9.15 Å². The monoisotopic (exact) mass is 226 g/mol. The highest BCUT2D eigenvalue weighted by molar-refractivity contribution is 5.80. The second-order valence-electron chi connectivity index (χ2n) is 3.56. The molecule has 0 amide bonds. The Hall–Kier alpha value is -2.36. The van der Waals surface area contributed by atoms with Crippen molar-refractivity contribution >= 4 is 11.1 Å². The van der Waals surface area contributed by atoms with Crippen LogP contribution < -0.4 is 4.74 Å². The molecule has 4 heteroatoms. The molecule has 2 aromatic heterocycles. The van der Waals surface area contributed by atoms with Crippen molar-refractivity contribution in [2.75, 3.05) is 7.11 Å². The molecule has 0 spiro atoms. The molecule has 4 nitrogen and oxygen atoms in total. The van der Waals surface area contributed by atoms with Gasteiger partial charge in [-0.2, -0.15) is 9.97 Å². The van der Waals surface area contributed by atoms with Gasteiger partial charge in [-0.1, -0.05) is 30.3 Å². The predicted molar refractivity (Wildman–Crippen MR) is 63.8 cm³/mol. The predicted octanol–water partition coefficient (Wildman–Crippen LogP) is 2.90. The summed E-state index contributed by atoms with van der Waals surface area (Å²) in [6.45, 7) is 0. The fourth-order valence-corrected chi connectivity index (χ4v) is 1.70.